The minimum absolute atomic E-state index is 0.139. The van der Waals surface area contributed by atoms with Crippen LogP contribution in [-0.2, 0) is 14.8 Å². The molecule has 1 rings (SSSR count). The van der Waals surface area contributed by atoms with Crippen LogP contribution in [0.25, 0.3) is 0 Å². The number of aryl methyl sites for hydroxylation is 1. The molecule has 1 heterocycles. The molecule has 0 radical (unpaired) electrons. The minimum Gasteiger partial charge on any atom is -0.395 e. The lowest BCUT2D eigenvalue weighted by Crippen LogP contribution is -2.40. The molecule has 2 N–H and O–H groups in total. The highest BCUT2D eigenvalue weighted by molar-refractivity contribution is 7.91. The number of hydrogen-bond acceptors (Lipinski definition) is 5. The Balaban J connectivity index is 2.78. The summed E-state index contributed by atoms with van der Waals surface area (Å²) in [6, 6.07) is 2.67. The number of hydrogen-bond donors (Lipinski definition) is 2. The second-order valence-electron chi connectivity index (χ2n) is 3.32. The molecule has 0 bridgehead atoms. The summed E-state index contributed by atoms with van der Waals surface area (Å²) >= 11 is 1.19. The van der Waals surface area contributed by atoms with E-state index in [2.05, 4.69) is 4.72 Å². The van der Waals surface area contributed by atoms with Gasteiger partial charge >= 0.3 is 0 Å². The van der Waals surface area contributed by atoms with E-state index in [4.69, 9.17) is 9.84 Å². The Morgan fingerprint density at radius 3 is 2.69 bits per heavy atom. The summed E-state index contributed by atoms with van der Waals surface area (Å²) in [5, 5.41) is 8.97. The molecule has 0 aliphatic rings. The van der Waals surface area contributed by atoms with Gasteiger partial charge in [-0.3, -0.25) is 0 Å². The van der Waals surface area contributed by atoms with Crippen LogP contribution < -0.4 is 4.72 Å². The van der Waals surface area contributed by atoms with Crippen molar-refractivity contribution < 1.29 is 18.3 Å². The van der Waals surface area contributed by atoms with Crippen molar-refractivity contribution in [2.45, 2.75) is 17.2 Å². The minimum atomic E-state index is -3.54. The Labute approximate surface area is 99.1 Å². The van der Waals surface area contributed by atoms with Gasteiger partial charge in [0, 0.05) is 12.0 Å². The number of thiophene rings is 1. The number of methoxy groups -OCH3 is 1. The molecule has 0 aliphatic carbocycles. The van der Waals surface area contributed by atoms with Gasteiger partial charge in [0.15, 0.2) is 0 Å². The highest BCUT2D eigenvalue weighted by atomic mass is 32.2. The normalized spacial score (nSPS) is 13.9. The highest BCUT2D eigenvalue weighted by Gasteiger charge is 2.20. The van der Waals surface area contributed by atoms with Crippen LogP contribution in [0.3, 0.4) is 0 Å². The van der Waals surface area contributed by atoms with E-state index in [0.29, 0.717) is 0 Å². The lowest BCUT2D eigenvalue weighted by atomic mass is 10.4. The zero-order chi connectivity index (χ0) is 12.2. The highest BCUT2D eigenvalue weighted by Crippen LogP contribution is 2.20. The first-order valence-corrected chi connectivity index (χ1v) is 6.98. The van der Waals surface area contributed by atoms with E-state index in [1.807, 2.05) is 6.92 Å². The summed E-state index contributed by atoms with van der Waals surface area (Å²) in [6.45, 7) is 1.68. The summed E-state index contributed by atoms with van der Waals surface area (Å²) in [4.78, 5) is 0.924. The lowest BCUT2D eigenvalue weighted by molar-refractivity contribution is 0.139. The summed E-state index contributed by atoms with van der Waals surface area (Å²) in [6.07, 6.45) is 0. The number of aliphatic hydroxyl groups is 1. The molecule has 1 aromatic heterocycles. The van der Waals surface area contributed by atoms with Gasteiger partial charge in [-0.2, -0.15) is 0 Å². The first-order valence-electron chi connectivity index (χ1n) is 4.68. The van der Waals surface area contributed by atoms with Crippen LogP contribution in [0, 0.1) is 6.92 Å². The second kappa shape index (κ2) is 5.74. The maximum Gasteiger partial charge on any atom is 0.250 e. The molecule has 0 amide bonds. The molecule has 1 unspecified atom stereocenters. The molecule has 5 nitrogen and oxygen atoms in total. The summed E-state index contributed by atoms with van der Waals surface area (Å²) in [7, 11) is -2.09. The van der Waals surface area contributed by atoms with Crippen molar-refractivity contribution in [3.05, 3.63) is 17.0 Å². The molecular weight excluding hydrogens is 250 g/mol. The molecule has 7 heteroatoms. The molecule has 92 valence electrons. The van der Waals surface area contributed by atoms with Crippen molar-refractivity contribution >= 4 is 21.4 Å². The summed E-state index contributed by atoms with van der Waals surface area (Å²) in [5.74, 6) is 0. The largest absolute Gasteiger partial charge is 0.395 e. The molecule has 0 fully saturated rings. The topological polar surface area (TPSA) is 75.6 Å². The van der Waals surface area contributed by atoms with E-state index in [1.54, 1.807) is 12.1 Å². The predicted molar refractivity (Wildman–Crippen MR) is 62.1 cm³/mol. The molecule has 0 aliphatic heterocycles. The molecule has 1 atom stereocenters. The standard InChI is InChI=1S/C9H15NO4S2/c1-7-3-4-9(15-7)16(12,13)10-8(5-11)6-14-2/h3-4,8,10-11H,5-6H2,1-2H3. The van der Waals surface area contributed by atoms with Crippen LogP contribution >= 0.6 is 11.3 Å². The third-order valence-electron chi connectivity index (χ3n) is 1.89. The SMILES string of the molecule is COCC(CO)NS(=O)(=O)c1ccc(C)s1. The van der Waals surface area contributed by atoms with Crippen LogP contribution in [0.4, 0.5) is 0 Å². The van der Waals surface area contributed by atoms with Gasteiger partial charge in [-0.25, -0.2) is 13.1 Å². The van der Waals surface area contributed by atoms with Gasteiger partial charge in [0.1, 0.15) is 4.21 Å². The zero-order valence-electron chi connectivity index (χ0n) is 9.13. The first-order chi connectivity index (χ1) is 7.49. The molecule has 0 saturated carbocycles. The van der Waals surface area contributed by atoms with Gasteiger partial charge in [-0.05, 0) is 19.1 Å². The van der Waals surface area contributed by atoms with E-state index in [0.717, 1.165) is 4.88 Å². The fourth-order valence-electron chi connectivity index (χ4n) is 1.16. The molecule has 16 heavy (non-hydrogen) atoms. The lowest BCUT2D eigenvalue weighted by Gasteiger charge is -2.14. The second-order valence-corrected chi connectivity index (χ2v) is 6.55. The van der Waals surface area contributed by atoms with Crippen LogP contribution in [0.15, 0.2) is 16.3 Å². The van der Waals surface area contributed by atoms with Crippen LogP contribution in [-0.4, -0.2) is 39.9 Å². The Kier molecular flexibility index (Phi) is 4.88. The van der Waals surface area contributed by atoms with Gasteiger partial charge in [0.2, 0.25) is 10.0 Å². The van der Waals surface area contributed by atoms with E-state index < -0.39 is 16.1 Å². The molecule has 0 saturated heterocycles. The van der Waals surface area contributed by atoms with Crippen molar-refractivity contribution in [1.29, 1.82) is 0 Å². The quantitative estimate of drug-likeness (QED) is 0.778. The van der Waals surface area contributed by atoms with Gasteiger partial charge in [0.25, 0.3) is 0 Å². The molecule has 1 aromatic rings. The summed E-state index contributed by atoms with van der Waals surface area (Å²) < 4.78 is 31.1. The maximum absolute atomic E-state index is 11.8. The molecular formula is C9H15NO4S2. The zero-order valence-corrected chi connectivity index (χ0v) is 10.8. The third-order valence-corrected chi connectivity index (χ3v) is 4.90. The third kappa shape index (κ3) is 3.53. The first kappa shape index (κ1) is 13.6. The van der Waals surface area contributed by atoms with Crippen LogP contribution in [0.5, 0.6) is 0 Å². The average Bonchev–Trinajstić information content (AvgIpc) is 2.64. The summed E-state index contributed by atoms with van der Waals surface area (Å²) in [5.41, 5.74) is 0. The fraction of sp³-hybridized carbons (Fsp3) is 0.556. The van der Waals surface area contributed by atoms with Crippen LogP contribution in [0.1, 0.15) is 4.88 Å². The number of rotatable bonds is 6. The molecule has 0 spiro atoms. The van der Waals surface area contributed by atoms with Gasteiger partial charge in [-0.1, -0.05) is 0 Å². The maximum atomic E-state index is 11.8. The fourth-order valence-corrected chi connectivity index (χ4v) is 3.67. The monoisotopic (exact) mass is 265 g/mol. The Hall–Kier alpha value is -0.470. The van der Waals surface area contributed by atoms with Gasteiger partial charge < -0.3 is 9.84 Å². The van der Waals surface area contributed by atoms with Crippen molar-refractivity contribution in [2.24, 2.45) is 0 Å². The number of ether oxygens (including phenoxy) is 1. The van der Waals surface area contributed by atoms with E-state index in [9.17, 15) is 8.42 Å². The number of aliphatic hydroxyl groups excluding tert-OH is 1. The number of sulfonamides is 1. The van der Waals surface area contributed by atoms with Crippen LogP contribution in [0.2, 0.25) is 0 Å². The Bertz CT molecular complexity index is 426. The van der Waals surface area contributed by atoms with E-state index >= 15 is 0 Å². The molecule has 0 aromatic carbocycles. The Morgan fingerprint density at radius 2 is 2.25 bits per heavy atom. The van der Waals surface area contributed by atoms with E-state index in [1.165, 1.54) is 18.4 Å². The van der Waals surface area contributed by atoms with Gasteiger partial charge in [0.05, 0.1) is 19.3 Å². The number of nitrogens with one attached hydrogen (secondary N) is 1. The van der Waals surface area contributed by atoms with E-state index in [-0.39, 0.29) is 17.4 Å². The Morgan fingerprint density at radius 1 is 1.56 bits per heavy atom. The van der Waals surface area contributed by atoms with Crippen molar-refractivity contribution in [3.8, 4) is 0 Å². The predicted octanol–water partition coefficient (Wildman–Crippen LogP) is 0.342. The van der Waals surface area contributed by atoms with Gasteiger partial charge in [-0.15, -0.1) is 11.3 Å². The van der Waals surface area contributed by atoms with Crippen molar-refractivity contribution in [3.63, 3.8) is 0 Å². The van der Waals surface area contributed by atoms with Crippen molar-refractivity contribution in [1.82, 2.24) is 4.72 Å². The van der Waals surface area contributed by atoms with Crippen molar-refractivity contribution in [2.75, 3.05) is 20.3 Å². The smallest absolute Gasteiger partial charge is 0.250 e. The average molecular weight is 265 g/mol.